The van der Waals surface area contributed by atoms with E-state index in [9.17, 15) is 14.4 Å². The van der Waals surface area contributed by atoms with Crippen molar-refractivity contribution >= 4 is 34.9 Å². The van der Waals surface area contributed by atoms with Crippen molar-refractivity contribution in [3.05, 3.63) is 83.7 Å². The van der Waals surface area contributed by atoms with E-state index in [-0.39, 0.29) is 17.3 Å². The van der Waals surface area contributed by atoms with Gasteiger partial charge in [-0.05, 0) is 86.4 Å². The summed E-state index contributed by atoms with van der Waals surface area (Å²) in [7, 11) is 0. The van der Waals surface area contributed by atoms with E-state index >= 15 is 0 Å². The van der Waals surface area contributed by atoms with Gasteiger partial charge in [-0.3, -0.25) is 4.79 Å². The number of aldehydes is 1. The maximum absolute atomic E-state index is 13.1. The van der Waals surface area contributed by atoms with Crippen LogP contribution in [0.5, 0.6) is 0 Å². The van der Waals surface area contributed by atoms with Gasteiger partial charge in [-0.2, -0.15) is 0 Å². The fourth-order valence-electron chi connectivity index (χ4n) is 6.47. The molecule has 7 heteroatoms. The second kappa shape index (κ2) is 13.8. The highest BCUT2D eigenvalue weighted by Gasteiger charge is 2.35. The summed E-state index contributed by atoms with van der Waals surface area (Å²) in [4.78, 5) is 42.4. The minimum atomic E-state index is -0.575. The van der Waals surface area contributed by atoms with E-state index in [1.165, 1.54) is 0 Å². The molecule has 1 saturated carbocycles. The van der Waals surface area contributed by atoms with Gasteiger partial charge in [-0.15, -0.1) is 0 Å². The molecule has 1 aliphatic rings. The normalized spacial score (nSPS) is 14.4. The Bertz CT molecular complexity index is 1660. The van der Waals surface area contributed by atoms with Crippen molar-refractivity contribution in [1.82, 2.24) is 9.55 Å². The van der Waals surface area contributed by atoms with E-state index in [1.54, 1.807) is 6.07 Å². The van der Waals surface area contributed by atoms with Gasteiger partial charge in [0, 0.05) is 31.5 Å². The molecular formula is C38H45N3O4. The highest BCUT2D eigenvalue weighted by Crippen LogP contribution is 2.43. The van der Waals surface area contributed by atoms with Gasteiger partial charge in [0.05, 0.1) is 16.6 Å². The summed E-state index contributed by atoms with van der Waals surface area (Å²) in [5, 5.41) is 3.11. The van der Waals surface area contributed by atoms with E-state index in [4.69, 9.17) is 9.72 Å². The number of amides is 1. The molecule has 0 bridgehead atoms. The first-order valence-corrected chi connectivity index (χ1v) is 16.2. The summed E-state index contributed by atoms with van der Waals surface area (Å²) in [6, 6.07) is 21.7. The number of aryl methyl sites for hydroxylation is 1. The Labute approximate surface area is 266 Å². The van der Waals surface area contributed by atoms with Crippen molar-refractivity contribution in [1.29, 1.82) is 0 Å². The van der Waals surface area contributed by atoms with Crippen LogP contribution >= 0.6 is 0 Å². The number of hydrogen-bond donors (Lipinski definition) is 1. The molecule has 0 unspecified atom stereocenters. The van der Waals surface area contributed by atoms with Gasteiger partial charge in [-0.1, -0.05) is 68.7 Å². The van der Waals surface area contributed by atoms with Gasteiger partial charge >= 0.3 is 5.97 Å². The van der Waals surface area contributed by atoms with Crippen molar-refractivity contribution in [3.8, 4) is 11.1 Å². The van der Waals surface area contributed by atoms with Crippen molar-refractivity contribution in [2.24, 2.45) is 5.41 Å². The van der Waals surface area contributed by atoms with E-state index < -0.39 is 5.60 Å². The van der Waals surface area contributed by atoms with Crippen LogP contribution in [-0.2, 0) is 27.3 Å². The molecule has 1 aliphatic carbocycles. The number of hydrogen-bond acceptors (Lipinski definition) is 5. The van der Waals surface area contributed by atoms with Gasteiger partial charge in [0.25, 0.3) is 0 Å². The predicted molar refractivity (Wildman–Crippen MR) is 179 cm³/mol. The molecule has 0 spiro atoms. The van der Waals surface area contributed by atoms with Gasteiger partial charge in [0.1, 0.15) is 17.7 Å². The lowest BCUT2D eigenvalue weighted by Gasteiger charge is -2.25. The molecule has 236 valence electrons. The number of unbranched alkanes of at least 4 members (excludes halogenated alkanes) is 1. The van der Waals surface area contributed by atoms with Crippen molar-refractivity contribution < 1.29 is 19.1 Å². The first kappa shape index (κ1) is 32.1. The summed E-state index contributed by atoms with van der Waals surface area (Å²) in [5.41, 5.74) is 5.27. The van der Waals surface area contributed by atoms with Crippen LogP contribution in [0.2, 0.25) is 0 Å². The first-order valence-electron chi connectivity index (χ1n) is 16.2. The fraction of sp³-hybridized carbons (Fsp3) is 0.421. The van der Waals surface area contributed by atoms with Gasteiger partial charge in [-0.25, -0.2) is 9.78 Å². The number of aromatic nitrogens is 2. The number of fused-ring (bicyclic) bond motifs is 1. The standard InChI is InChI=1S/C38H45N3O4/c1-5-6-13-34-40-32-19-18-29(39-35(43)25-38(22-23-42)20-9-10-21-38)24-33(32)41(34)26-27-14-16-28(17-15-27)30-11-7-8-12-31(30)36(44)45-37(2,3)4/h7-8,11-12,14-19,23-24H,5-6,9-10,13,20-22,25-26H2,1-4H3,(H,39,43). The molecule has 0 radical (unpaired) electrons. The lowest BCUT2D eigenvalue weighted by molar-refractivity contribution is -0.119. The zero-order valence-electron chi connectivity index (χ0n) is 27.0. The van der Waals surface area contributed by atoms with Crippen LogP contribution in [0.4, 0.5) is 5.69 Å². The van der Waals surface area contributed by atoms with Crippen LogP contribution in [0.1, 0.15) is 101 Å². The molecule has 0 atom stereocenters. The third kappa shape index (κ3) is 7.88. The minimum absolute atomic E-state index is 0.0439. The van der Waals surface area contributed by atoms with Crippen LogP contribution in [-0.4, -0.2) is 33.3 Å². The minimum Gasteiger partial charge on any atom is -0.456 e. The fourth-order valence-corrected chi connectivity index (χ4v) is 6.47. The average Bonchev–Trinajstić information content (AvgIpc) is 3.59. The Balaban J connectivity index is 1.39. The van der Waals surface area contributed by atoms with Crippen LogP contribution in [0, 0.1) is 5.41 Å². The molecule has 1 N–H and O–H groups in total. The predicted octanol–water partition coefficient (Wildman–Crippen LogP) is 8.53. The molecule has 7 nitrogen and oxygen atoms in total. The first-order chi connectivity index (χ1) is 21.6. The molecule has 45 heavy (non-hydrogen) atoms. The number of imidazole rings is 1. The van der Waals surface area contributed by atoms with Crippen LogP contribution in [0.15, 0.2) is 66.7 Å². The van der Waals surface area contributed by atoms with E-state index in [0.717, 1.165) is 90.5 Å². The lowest BCUT2D eigenvalue weighted by Crippen LogP contribution is -2.25. The zero-order valence-corrected chi connectivity index (χ0v) is 27.0. The second-order valence-electron chi connectivity index (χ2n) is 13.5. The quantitative estimate of drug-likeness (QED) is 0.129. The number of rotatable bonds is 12. The zero-order chi connectivity index (χ0) is 32.0. The Morgan fingerprint density at radius 3 is 2.44 bits per heavy atom. The number of carbonyl (C=O) groups is 3. The molecule has 4 aromatic rings. The second-order valence-corrected chi connectivity index (χ2v) is 13.5. The Kier molecular flexibility index (Phi) is 9.86. The number of esters is 1. The molecule has 0 saturated heterocycles. The van der Waals surface area contributed by atoms with Gasteiger partial charge in [0.15, 0.2) is 0 Å². The van der Waals surface area contributed by atoms with Gasteiger partial charge < -0.3 is 19.4 Å². The van der Waals surface area contributed by atoms with Crippen LogP contribution in [0.25, 0.3) is 22.2 Å². The van der Waals surface area contributed by atoms with E-state index in [2.05, 4.69) is 28.9 Å². The SMILES string of the molecule is CCCCc1nc2ccc(NC(=O)CC3(CC=O)CCCC3)cc2n1Cc1ccc(-c2ccccc2C(=O)OC(C)(C)C)cc1. The average molecular weight is 608 g/mol. The molecule has 1 aromatic heterocycles. The highest BCUT2D eigenvalue weighted by molar-refractivity contribution is 5.97. The summed E-state index contributed by atoms with van der Waals surface area (Å²) in [6.45, 7) is 8.42. The number of nitrogens with zero attached hydrogens (tertiary/aromatic N) is 2. The maximum atomic E-state index is 13.1. The largest absolute Gasteiger partial charge is 0.456 e. The van der Waals surface area contributed by atoms with Crippen LogP contribution in [0.3, 0.4) is 0 Å². The third-order valence-electron chi connectivity index (χ3n) is 8.73. The molecule has 1 heterocycles. The molecular weight excluding hydrogens is 562 g/mol. The van der Waals surface area contributed by atoms with Crippen molar-refractivity contribution in [2.75, 3.05) is 5.32 Å². The number of ether oxygens (including phenoxy) is 1. The topological polar surface area (TPSA) is 90.3 Å². The summed E-state index contributed by atoms with van der Waals surface area (Å²) in [5.74, 6) is 0.640. The molecule has 0 aliphatic heterocycles. The molecule has 1 amide bonds. The monoisotopic (exact) mass is 607 g/mol. The maximum Gasteiger partial charge on any atom is 0.339 e. The molecule has 5 rings (SSSR count). The Morgan fingerprint density at radius 2 is 1.76 bits per heavy atom. The van der Waals surface area contributed by atoms with Crippen molar-refractivity contribution in [3.63, 3.8) is 0 Å². The summed E-state index contributed by atoms with van der Waals surface area (Å²) in [6.07, 6.45) is 8.75. The van der Waals surface area contributed by atoms with E-state index in [1.807, 2.05) is 69.3 Å². The number of anilines is 1. The third-order valence-corrected chi connectivity index (χ3v) is 8.73. The molecule has 1 fully saturated rings. The lowest BCUT2D eigenvalue weighted by atomic mass is 9.80. The van der Waals surface area contributed by atoms with E-state index in [0.29, 0.717) is 24.9 Å². The number of nitrogens with one attached hydrogen (secondary N) is 1. The smallest absolute Gasteiger partial charge is 0.339 e. The molecule has 3 aromatic carbocycles. The van der Waals surface area contributed by atoms with Gasteiger partial charge in [0.2, 0.25) is 5.91 Å². The Morgan fingerprint density at radius 1 is 1.02 bits per heavy atom. The summed E-state index contributed by atoms with van der Waals surface area (Å²) >= 11 is 0. The highest BCUT2D eigenvalue weighted by atomic mass is 16.6. The van der Waals surface area contributed by atoms with Crippen molar-refractivity contribution in [2.45, 2.75) is 97.6 Å². The number of carbonyl (C=O) groups excluding carboxylic acids is 3. The van der Waals surface area contributed by atoms with Crippen LogP contribution < -0.4 is 5.32 Å². The number of benzene rings is 3. The Hall–Kier alpha value is -4.26. The summed E-state index contributed by atoms with van der Waals surface area (Å²) < 4.78 is 7.90.